The van der Waals surface area contributed by atoms with Crippen LogP contribution in [0.2, 0.25) is 0 Å². The Hall–Kier alpha value is -0.700. The molecule has 0 saturated carbocycles. The van der Waals surface area contributed by atoms with E-state index in [2.05, 4.69) is 11.8 Å². The maximum Gasteiger partial charge on any atom is 0.373 e. The first-order valence-corrected chi connectivity index (χ1v) is 5.02. The number of methoxy groups -OCH3 is 1. The molecular weight excluding hydrogens is 182 g/mol. The summed E-state index contributed by atoms with van der Waals surface area (Å²) in [6, 6.07) is 0. The molecule has 0 amide bonds. The first-order chi connectivity index (χ1) is 6.78. The molecule has 1 fully saturated rings. The Bertz CT molecular complexity index is 165. The number of ether oxygens (including phenoxy) is 1. The predicted molar refractivity (Wildman–Crippen MR) is 51.8 cm³/mol. The van der Waals surface area contributed by atoms with Gasteiger partial charge in [-0.05, 0) is 32.4 Å². The van der Waals surface area contributed by atoms with E-state index in [0.717, 1.165) is 6.54 Å². The number of piperidine rings is 1. The van der Waals surface area contributed by atoms with Crippen molar-refractivity contribution in [2.45, 2.75) is 32.3 Å². The van der Waals surface area contributed by atoms with Crippen molar-refractivity contribution >= 4 is 6.15 Å². The third kappa shape index (κ3) is 5.86. The predicted octanol–water partition coefficient (Wildman–Crippen LogP) is 0.924. The molecule has 1 aliphatic heterocycles. The summed E-state index contributed by atoms with van der Waals surface area (Å²) in [5.74, 6) is 0. The van der Waals surface area contributed by atoms with E-state index >= 15 is 0 Å². The fourth-order valence-electron chi connectivity index (χ4n) is 1.72. The molecule has 4 nitrogen and oxygen atoms in total. The summed E-state index contributed by atoms with van der Waals surface area (Å²) in [4.78, 5) is 18.7. The van der Waals surface area contributed by atoms with Crippen LogP contribution in [0.1, 0.15) is 26.2 Å². The molecule has 0 aliphatic carbocycles. The number of carbonyl (C=O) groups excluding carboxylic acids is 2. The van der Waals surface area contributed by atoms with Crippen LogP contribution in [0.4, 0.5) is 0 Å². The Morgan fingerprint density at radius 1 is 1.50 bits per heavy atom. The highest BCUT2D eigenvalue weighted by atomic mass is 16.5. The molecule has 1 atom stereocenters. The maximum absolute atomic E-state index is 8.12. The second-order valence-corrected chi connectivity index (χ2v) is 3.38. The van der Waals surface area contributed by atoms with E-state index in [0.29, 0.717) is 6.10 Å². The highest BCUT2D eigenvalue weighted by molar-refractivity contribution is 5.20. The number of hydrogen-bond donors (Lipinski definition) is 0. The van der Waals surface area contributed by atoms with Crippen LogP contribution in [-0.2, 0) is 14.3 Å². The molecule has 1 saturated heterocycles. The Morgan fingerprint density at radius 3 is 2.64 bits per heavy atom. The van der Waals surface area contributed by atoms with Crippen molar-refractivity contribution in [1.82, 2.24) is 4.90 Å². The maximum atomic E-state index is 8.12. The summed E-state index contributed by atoms with van der Waals surface area (Å²) in [7, 11) is 1.82. The lowest BCUT2D eigenvalue weighted by Gasteiger charge is -2.31. The van der Waals surface area contributed by atoms with E-state index in [1.807, 2.05) is 7.11 Å². The number of rotatable bonds is 3. The number of hydrogen-bond acceptors (Lipinski definition) is 4. The quantitative estimate of drug-likeness (QED) is 0.681. The fourth-order valence-corrected chi connectivity index (χ4v) is 1.72. The van der Waals surface area contributed by atoms with E-state index in [-0.39, 0.29) is 6.15 Å². The molecule has 1 rings (SSSR count). The molecule has 0 N–H and O–H groups in total. The van der Waals surface area contributed by atoms with E-state index in [4.69, 9.17) is 14.3 Å². The smallest absolute Gasteiger partial charge is 0.373 e. The summed E-state index contributed by atoms with van der Waals surface area (Å²) >= 11 is 0. The molecule has 0 aromatic heterocycles. The van der Waals surface area contributed by atoms with Gasteiger partial charge >= 0.3 is 6.15 Å². The largest absolute Gasteiger partial charge is 0.380 e. The van der Waals surface area contributed by atoms with Crippen molar-refractivity contribution in [3.05, 3.63) is 0 Å². The molecule has 1 heterocycles. The molecule has 0 radical (unpaired) electrons. The third-order valence-electron chi connectivity index (χ3n) is 2.34. The molecule has 1 aliphatic rings. The van der Waals surface area contributed by atoms with Crippen molar-refractivity contribution in [3.8, 4) is 0 Å². The lowest BCUT2D eigenvalue weighted by Crippen LogP contribution is -2.39. The van der Waals surface area contributed by atoms with Crippen LogP contribution in [0.15, 0.2) is 0 Å². The molecule has 82 valence electrons. The van der Waals surface area contributed by atoms with Gasteiger partial charge in [0.25, 0.3) is 0 Å². The monoisotopic (exact) mass is 201 g/mol. The minimum absolute atomic E-state index is 0.250. The van der Waals surface area contributed by atoms with Gasteiger partial charge in [-0.1, -0.05) is 6.92 Å². The molecule has 4 heteroatoms. The topological polar surface area (TPSA) is 46.6 Å². The van der Waals surface area contributed by atoms with Crippen LogP contribution in [0.5, 0.6) is 0 Å². The molecular formula is C10H19NO3. The van der Waals surface area contributed by atoms with Crippen molar-refractivity contribution in [2.24, 2.45) is 0 Å². The van der Waals surface area contributed by atoms with Crippen LogP contribution >= 0.6 is 0 Å². The molecule has 1 unspecified atom stereocenters. The Balaban J connectivity index is 0.000000500. The van der Waals surface area contributed by atoms with Crippen molar-refractivity contribution in [2.75, 3.05) is 26.7 Å². The van der Waals surface area contributed by atoms with Crippen LogP contribution in [0.3, 0.4) is 0 Å². The van der Waals surface area contributed by atoms with Gasteiger partial charge in [0.1, 0.15) is 0 Å². The van der Waals surface area contributed by atoms with Crippen molar-refractivity contribution in [1.29, 1.82) is 0 Å². The third-order valence-corrected chi connectivity index (χ3v) is 2.34. The second kappa shape index (κ2) is 8.88. The van der Waals surface area contributed by atoms with Crippen LogP contribution in [-0.4, -0.2) is 43.9 Å². The summed E-state index contributed by atoms with van der Waals surface area (Å²) in [5.41, 5.74) is 0. The number of likely N-dealkylation sites (tertiary alicyclic amines) is 1. The average molecular weight is 201 g/mol. The zero-order valence-electron chi connectivity index (χ0n) is 8.99. The lowest BCUT2D eigenvalue weighted by atomic mass is 10.1. The van der Waals surface area contributed by atoms with Gasteiger partial charge in [0, 0.05) is 13.7 Å². The number of nitrogens with zero attached hydrogens (tertiary/aromatic N) is 1. The van der Waals surface area contributed by atoms with Crippen molar-refractivity contribution < 1.29 is 14.3 Å². The van der Waals surface area contributed by atoms with E-state index < -0.39 is 0 Å². The normalized spacial score (nSPS) is 22.0. The molecule has 0 aromatic carbocycles. The minimum atomic E-state index is 0.250. The second-order valence-electron chi connectivity index (χ2n) is 3.38. The average Bonchev–Trinajstić information content (AvgIpc) is 2.20. The Kier molecular flexibility index (Phi) is 8.43. The van der Waals surface area contributed by atoms with Crippen LogP contribution in [0.25, 0.3) is 0 Å². The van der Waals surface area contributed by atoms with Gasteiger partial charge in [-0.15, -0.1) is 0 Å². The van der Waals surface area contributed by atoms with E-state index in [9.17, 15) is 0 Å². The van der Waals surface area contributed by atoms with Gasteiger partial charge in [0.15, 0.2) is 0 Å². The molecule has 14 heavy (non-hydrogen) atoms. The minimum Gasteiger partial charge on any atom is -0.380 e. The summed E-state index contributed by atoms with van der Waals surface area (Å²) < 4.78 is 5.33. The zero-order valence-corrected chi connectivity index (χ0v) is 8.99. The Labute approximate surface area is 85.2 Å². The standard InChI is InChI=1S/C9H19NO.CO2/c1-3-6-10-7-4-5-9(8-10)11-2;2-1-3/h9H,3-8H2,1-2H3;. The van der Waals surface area contributed by atoms with Gasteiger partial charge in [-0.2, -0.15) is 9.59 Å². The van der Waals surface area contributed by atoms with Gasteiger partial charge in [0.2, 0.25) is 0 Å². The summed E-state index contributed by atoms with van der Waals surface area (Å²) in [6.45, 7) is 5.88. The zero-order chi connectivity index (χ0) is 10.8. The molecule has 0 bridgehead atoms. The summed E-state index contributed by atoms with van der Waals surface area (Å²) in [6.07, 6.45) is 4.56. The van der Waals surface area contributed by atoms with Gasteiger partial charge in [-0.25, -0.2) is 0 Å². The first-order valence-electron chi connectivity index (χ1n) is 5.02. The van der Waals surface area contributed by atoms with Gasteiger partial charge in [-0.3, -0.25) is 0 Å². The van der Waals surface area contributed by atoms with E-state index in [1.165, 1.54) is 32.4 Å². The highest BCUT2D eigenvalue weighted by Crippen LogP contribution is 2.12. The van der Waals surface area contributed by atoms with E-state index in [1.54, 1.807) is 0 Å². The van der Waals surface area contributed by atoms with Crippen LogP contribution in [0, 0.1) is 0 Å². The Morgan fingerprint density at radius 2 is 2.14 bits per heavy atom. The molecule has 0 aromatic rings. The molecule has 0 spiro atoms. The van der Waals surface area contributed by atoms with Crippen LogP contribution < -0.4 is 0 Å². The first kappa shape index (κ1) is 13.3. The summed E-state index contributed by atoms with van der Waals surface area (Å²) in [5, 5.41) is 0. The SMILES string of the molecule is CCCN1CCCC(OC)C1.O=C=O. The lowest BCUT2D eigenvalue weighted by molar-refractivity contribution is -0.191. The van der Waals surface area contributed by atoms with Gasteiger partial charge < -0.3 is 9.64 Å². The van der Waals surface area contributed by atoms with Gasteiger partial charge in [0.05, 0.1) is 6.10 Å². The fraction of sp³-hybridized carbons (Fsp3) is 0.900. The highest BCUT2D eigenvalue weighted by Gasteiger charge is 2.17. The van der Waals surface area contributed by atoms with Crippen molar-refractivity contribution in [3.63, 3.8) is 0 Å².